The minimum atomic E-state index is -0.280. The van der Waals surface area contributed by atoms with Crippen molar-refractivity contribution in [2.45, 2.75) is 52.2 Å². The van der Waals surface area contributed by atoms with E-state index in [1.54, 1.807) is 0 Å². The third-order valence-electron chi connectivity index (χ3n) is 4.00. The predicted molar refractivity (Wildman–Crippen MR) is 96.4 cm³/mol. The van der Waals surface area contributed by atoms with Crippen molar-refractivity contribution < 1.29 is 19.1 Å². The van der Waals surface area contributed by atoms with Gasteiger partial charge in [0.05, 0.1) is 26.2 Å². The number of benzene rings is 1. The van der Waals surface area contributed by atoms with Crippen molar-refractivity contribution in [2.24, 2.45) is 11.7 Å². The summed E-state index contributed by atoms with van der Waals surface area (Å²) in [5.41, 5.74) is 7.10. The fourth-order valence-electron chi connectivity index (χ4n) is 2.17. The van der Waals surface area contributed by atoms with Crippen LogP contribution >= 0.6 is 0 Å². The zero-order chi connectivity index (χ0) is 18.7. The number of rotatable bonds is 9. The van der Waals surface area contributed by atoms with E-state index in [0.717, 1.165) is 17.5 Å². The Morgan fingerprint density at radius 2 is 2.00 bits per heavy atom. The van der Waals surface area contributed by atoms with E-state index in [-0.39, 0.29) is 23.9 Å². The fraction of sp³-hybridized carbons (Fsp3) is 0.500. The third kappa shape index (κ3) is 8.92. The number of primary amides is 1. The molecule has 1 amide bonds. The summed E-state index contributed by atoms with van der Waals surface area (Å²) in [7, 11) is 1.37. The maximum atomic E-state index is 11.0. The number of ether oxygens (including phenoxy) is 2. The number of hydrogen-bond acceptors (Lipinski definition) is 4. The van der Waals surface area contributed by atoms with Crippen molar-refractivity contribution >= 4 is 11.9 Å². The molecule has 0 heterocycles. The van der Waals surface area contributed by atoms with E-state index in [2.05, 4.69) is 23.5 Å². The van der Waals surface area contributed by atoms with Crippen LogP contribution in [0.25, 0.3) is 0 Å². The second-order valence-electron chi connectivity index (χ2n) is 6.08. The number of methoxy groups -OCH3 is 1. The summed E-state index contributed by atoms with van der Waals surface area (Å²) in [4.78, 5) is 21.9. The van der Waals surface area contributed by atoms with Crippen molar-refractivity contribution in [2.75, 3.05) is 7.11 Å². The molecular weight excluding hydrogens is 318 g/mol. The van der Waals surface area contributed by atoms with E-state index in [1.165, 1.54) is 7.11 Å². The van der Waals surface area contributed by atoms with Gasteiger partial charge in [0.25, 0.3) is 0 Å². The molecule has 0 saturated heterocycles. The molecule has 2 N–H and O–H groups in total. The monoisotopic (exact) mass is 345 g/mol. The maximum absolute atomic E-state index is 11.0. The van der Waals surface area contributed by atoms with E-state index < -0.39 is 0 Å². The Morgan fingerprint density at radius 3 is 2.68 bits per heavy atom. The highest BCUT2D eigenvalue weighted by Crippen LogP contribution is 2.16. The Hall–Kier alpha value is -2.32. The minimum absolute atomic E-state index is 0.0362. The van der Waals surface area contributed by atoms with Crippen molar-refractivity contribution in [3.63, 3.8) is 0 Å². The van der Waals surface area contributed by atoms with Crippen LogP contribution in [0.3, 0.4) is 0 Å². The van der Waals surface area contributed by atoms with Crippen molar-refractivity contribution in [1.82, 2.24) is 0 Å². The predicted octanol–water partition coefficient (Wildman–Crippen LogP) is 2.80. The lowest BCUT2D eigenvalue weighted by atomic mass is 10.00. The van der Waals surface area contributed by atoms with Crippen molar-refractivity contribution in [3.8, 4) is 11.8 Å². The van der Waals surface area contributed by atoms with Crippen LogP contribution < -0.4 is 5.73 Å². The van der Waals surface area contributed by atoms with Gasteiger partial charge in [0.1, 0.15) is 0 Å². The van der Waals surface area contributed by atoms with E-state index in [0.29, 0.717) is 25.9 Å². The van der Waals surface area contributed by atoms with Gasteiger partial charge in [0, 0.05) is 18.4 Å². The van der Waals surface area contributed by atoms with Gasteiger partial charge in [-0.1, -0.05) is 30.9 Å². The Morgan fingerprint density at radius 1 is 1.24 bits per heavy atom. The molecule has 5 heteroatoms. The number of nitrogens with two attached hydrogens (primary N) is 1. The molecule has 5 nitrogen and oxygen atoms in total. The first-order valence-electron chi connectivity index (χ1n) is 8.47. The van der Waals surface area contributed by atoms with Crippen LogP contribution in [0.2, 0.25) is 0 Å². The molecule has 136 valence electrons. The molecule has 0 aliphatic rings. The van der Waals surface area contributed by atoms with Crippen LogP contribution in [0, 0.1) is 17.8 Å². The van der Waals surface area contributed by atoms with Gasteiger partial charge in [-0.05, 0) is 37.0 Å². The van der Waals surface area contributed by atoms with E-state index in [1.807, 2.05) is 31.2 Å². The average molecular weight is 345 g/mol. The summed E-state index contributed by atoms with van der Waals surface area (Å²) in [5.74, 6) is 5.74. The molecule has 2 atom stereocenters. The lowest BCUT2D eigenvalue weighted by Gasteiger charge is -2.20. The molecule has 0 spiro atoms. The van der Waals surface area contributed by atoms with Gasteiger partial charge in [-0.2, -0.15) is 0 Å². The maximum Gasteiger partial charge on any atom is 0.306 e. The first-order valence-corrected chi connectivity index (χ1v) is 8.47. The molecule has 25 heavy (non-hydrogen) atoms. The number of carbonyl (C=O) groups is 2. The molecular formula is C20H27NO4. The summed E-state index contributed by atoms with van der Waals surface area (Å²) in [6.45, 7) is 4.54. The van der Waals surface area contributed by atoms with Gasteiger partial charge >= 0.3 is 5.97 Å². The van der Waals surface area contributed by atoms with Crippen molar-refractivity contribution in [1.29, 1.82) is 0 Å². The molecule has 0 aliphatic heterocycles. The standard InChI is InChI=1S/C20H27NO4/c1-15(11-12-19(21)22)16(2)25-14-18-9-6-8-17(13-18)7-4-5-10-20(23)24-3/h6,8-9,13,15-16H,5,10-12,14H2,1-3H3,(H2,21,22)/t15-,16+/m0/s1. The molecule has 0 aromatic heterocycles. The zero-order valence-corrected chi connectivity index (χ0v) is 15.2. The summed E-state index contributed by atoms with van der Waals surface area (Å²) < 4.78 is 10.5. The van der Waals surface area contributed by atoms with Crippen LogP contribution in [0.4, 0.5) is 0 Å². The quantitative estimate of drug-likeness (QED) is 0.551. The molecule has 1 rings (SSSR count). The number of amides is 1. The molecule has 0 bridgehead atoms. The van der Waals surface area contributed by atoms with Gasteiger partial charge in [-0.15, -0.1) is 0 Å². The Balaban J connectivity index is 2.48. The number of esters is 1. The minimum Gasteiger partial charge on any atom is -0.469 e. The zero-order valence-electron chi connectivity index (χ0n) is 15.2. The molecule has 1 aromatic rings. The third-order valence-corrected chi connectivity index (χ3v) is 4.00. The van der Waals surface area contributed by atoms with Crippen LogP contribution in [-0.4, -0.2) is 25.1 Å². The van der Waals surface area contributed by atoms with Crippen LogP contribution in [0.15, 0.2) is 24.3 Å². The van der Waals surface area contributed by atoms with Gasteiger partial charge < -0.3 is 15.2 Å². The number of carbonyl (C=O) groups excluding carboxylic acids is 2. The molecule has 0 fully saturated rings. The van der Waals surface area contributed by atoms with Gasteiger partial charge in [-0.25, -0.2) is 0 Å². The van der Waals surface area contributed by atoms with Crippen LogP contribution in [-0.2, 0) is 25.7 Å². The lowest BCUT2D eigenvalue weighted by Crippen LogP contribution is -2.20. The van der Waals surface area contributed by atoms with Crippen LogP contribution in [0.1, 0.15) is 50.7 Å². The smallest absolute Gasteiger partial charge is 0.306 e. The largest absolute Gasteiger partial charge is 0.469 e. The molecule has 0 unspecified atom stereocenters. The summed E-state index contributed by atoms with van der Waals surface area (Å²) in [6.07, 6.45) is 1.91. The number of hydrogen-bond donors (Lipinski definition) is 1. The summed E-state index contributed by atoms with van der Waals surface area (Å²) >= 11 is 0. The van der Waals surface area contributed by atoms with E-state index in [9.17, 15) is 9.59 Å². The average Bonchev–Trinajstić information content (AvgIpc) is 2.61. The lowest BCUT2D eigenvalue weighted by molar-refractivity contribution is -0.140. The second-order valence-corrected chi connectivity index (χ2v) is 6.08. The Kier molecular flexibility index (Phi) is 9.34. The normalized spacial score (nSPS) is 12.6. The van der Waals surface area contributed by atoms with E-state index in [4.69, 9.17) is 10.5 Å². The molecule has 1 aromatic carbocycles. The fourth-order valence-corrected chi connectivity index (χ4v) is 2.17. The Labute approximate surface area is 149 Å². The summed E-state index contributed by atoms with van der Waals surface area (Å²) in [6, 6.07) is 7.82. The van der Waals surface area contributed by atoms with Crippen LogP contribution in [0.5, 0.6) is 0 Å². The van der Waals surface area contributed by atoms with Gasteiger partial charge in [-0.3, -0.25) is 9.59 Å². The first kappa shape index (κ1) is 20.7. The first-order chi connectivity index (χ1) is 11.9. The molecule has 0 saturated carbocycles. The highest BCUT2D eigenvalue weighted by Gasteiger charge is 2.13. The highest BCUT2D eigenvalue weighted by atomic mass is 16.5. The Bertz CT molecular complexity index is 630. The van der Waals surface area contributed by atoms with Gasteiger partial charge in [0.15, 0.2) is 0 Å². The highest BCUT2D eigenvalue weighted by molar-refractivity contribution is 5.73. The van der Waals surface area contributed by atoms with E-state index >= 15 is 0 Å². The van der Waals surface area contributed by atoms with Crippen molar-refractivity contribution in [3.05, 3.63) is 35.4 Å². The molecule has 0 aliphatic carbocycles. The summed E-state index contributed by atoms with van der Waals surface area (Å²) in [5, 5.41) is 0. The second kappa shape index (κ2) is 11.3. The van der Waals surface area contributed by atoms with Gasteiger partial charge in [0.2, 0.25) is 5.91 Å². The topological polar surface area (TPSA) is 78.6 Å². The molecule has 0 radical (unpaired) electrons. The SMILES string of the molecule is COC(=O)CCC#Cc1cccc(CO[C@H](C)[C@@H](C)CCC(N)=O)c1.